The standard InChI is InChI=1S/C19H21Cl2N3O2S/c20-15-8-14(9-16(21)10-15)18(26)24(11-13-4-2-1-3-5-13)12-17(25)23-19-22-6-7-27-19/h6-10,13H,1-5,11-12H2,(H,22,23,25). The van der Waals surface area contributed by atoms with Gasteiger partial charge in [0.2, 0.25) is 5.91 Å². The number of nitrogens with zero attached hydrogens (tertiary/aromatic N) is 2. The Morgan fingerprint density at radius 3 is 2.48 bits per heavy atom. The smallest absolute Gasteiger partial charge is 0.254 e. The Kier molecular flexibility index (Phi) is 7.10. The van der Waals surface area contributed by atoms with E-state index in [9.17, 15) is 9.59 Å². The van der Waals surface area contributed by atoms with Crippen LogP contribution in [0, 0.1) is 5.92 Å². The van der Waals surface area contributed by atoms with E-state index in [1.165, 1.54) is 30.6 Å². The summed E-state index contributed by atoms with van der Waals surface area (Å²) in [6, 6.07) is 4.76. The highest BCUT2D eigenvalue weighted by Crippen LogP contribution is 2.26. The van der Waals surface area contributed by atoms with Crippen LogP contribution in [0.25, 0.3) is 0 Å². The Balaban J connectivity index is 1.75. The van der Waals surface area contributed by atoms with Gasteiger partial charge in [-0.05, 0) is 37.0 Å². The summed E-state index contributed by atoms with van der Waals surface area (Å²) in [5.41, 5.74) is 0.394. The Bertz CT molecular complexity index is 772. The quantitative estimate of drug-likeness (QED) is 0.698. The highest BCUT2D eigenvalue weighted by atomic mass is 35.5. The highest BCUT2D eigenvalue weighted by molar-refractivity contribution is 7.13. The molecule has 1 aliphatic carbocycles. The number of thiazole rings is 1. The average Bonchev–Trinajstić information content (AvgIpc) is 3.13. The maximum absolute atomic E-state index is 13.1. The summed E-state index contributed by atoms with van der Waals surface area (Å²) in [7, 11) is 0. The van der Waals surface area contributed by atoms with Crippen molar-refractivity contribution in [3.05, 3.63) is 45.4 Å². The minimum absolute atomic E-state index is 0.0287. The van der Waals surface area contributed by atoms with Crippen molar-refractivity contribution in [2.75, 3.05) is 18.4 Å². The van der Waals surface area contributed by atoms with E-state index >= 15 is 0 Å². The predicted molar refractivity (Wildman–Crippen MR) is 110 cm³/mol. The van der Waals surface area contributed by atoms with E-state index in [2.05, 4.69) is 10.3 Å². The fourth-order valence-corrected chi connectivity index (χ4v) is 4.45. The summed E-state index contributed by atoms with van der Waals surface area (Å²) in [6.07, 6.45) is 7.35. The van der Waals surface area contributed by atoms with Crippen LogP contribution in [-0.2, 0) is 4.79 Å². The summed E-state index contributed by atoms with van der Waals surface area (Å²) < 4.78 is 0. The zero-order chi connectivity index (χ0) is 19.2. The molecule has 0 aliphatic heterocycles. The predicted octanol–water partition coefficient (Wildman–Crippen LogP) is 5.11. The molecule has 0 saturated heterocycles. The molecule has 0 radical (unpaired) electrons. The number of amides is 2. The molecule has 8 heteroatoms. The molecular formula is C19H21Cl2N3O2S. The van der Waals surface area contributed by atoms with Crippen LogP contribution in [0.4, 0.5) is 5.13 Å². The Morgan fingerprint density at radius 1 is 1.15 bits per heavy atom. The first-order chi connectivity index (χ1) is 13.0. The summed E-state index contributed by atoms with van der Waals surface area (Å²) in [4.78, 5) is 31.2. The largest absolute Gasteiger partial charge is 0.329 e. The van der Waals surface area contributed by atoms with Crippen molar-refractivity contribution in [2.24, 2.45) is 5.92 Å². The summed E-state index contributed by atoms with van der Waals surface area (Å²) in [5.74, 6) is -0.0912. The van der Waals surface area contributed by atoms with Gasteiger partial charge in [-0.25, -0.2) is 4.98 Å². The first kappa shape index (κ1) is 20.1. The third-order valence-corrected chi connectivity index (χ3v) is 5.74. The van der Waals surface area contributed by atoms with E-state index in [4.69, 9.17) is 23.2 Å². The molecule has 0 bridgehead atoms. The Labute approximate surface area is 172 Å². The molecule has 1 fully saturated rings. The number of halogens is 2. The normalized spacial score (nSPS) is 14.7. The second kappa shape index (κ2) is 9.53. The van der Waals surface area contributed by atoms with Gasteiger partial charge < -0.3 is 10.2 Å². The fraction of sp³-hybridized carbons (Fsp3) is 0.421. The molecule has 1 aromatic heterocycles. The lowest BCUT2D eigenvalue weighted by Crippen LogP contribution is -2.41. The molecule has 5 nitrogen and oxygen atoms in total. The molecule has 1 N–H and O–H groups in total. The van der Waals surface area contributed by atoms with Crippen LogP contribution in [-0.4, -0.2) is 34.8 Å². The van der Waals surface area contributed by atoms with Gasteiger partial charge in [0.05, 0.1) is 0 Å². The number of hydrogen-bond acceptors (Lipinski definition) is 4. The van der Waals surface area contributed by atoms with Gasteiger partial charge >= 0.3 is 0 Å². The highest BCUT2D eigenvalue weighted by Gasteiger charge is 2.24. The van der Waals surface area contributed by atoms with Crippen LogP contribution in [0.5, 0.6) is 0 Å². The second-order valence-electron chi connectivity index (χ2n) is 6.73. The molecule has 1 aromatic carbocycles. The molecule has 1 saturated carbocycles. The Hall–Kier alpha value is -1.63. The fourth-order valence-electron chi connectivity index (χ4n) is 3.38. The van der Waals surface area contributed by atoms with E-state index in [1.54, 1.807) is 34.7 Å². The van der Waals surface area contributed by atoms with Crippen LogP contribution >= 0.6 is 34.5 Å². The molecule has 144 valence electrons. The van der Waals surface area contributed by atoms with Crippen molar-refractivity contribution in [1.29, 1.82) is 0 Å². The molecule has 0 atom stereocenters. The third kappa shape index (κ3) is 5.92. The molecule has 2 amide bonds. The van der Waals surface area contributed by atoms with Gasteiger partial charge in [-0.15, -0.1) is 11.3 Å². The van der Waals surface area contributed by atoms with Crippen LogP contribution in [0.3, 0.4) is 0 Å². The maximum atomic E-state index is 13.1. The third-order valence-electron chi connectivity index (χ3n) is 4.61. The number of carbonyl (C=O) groups is 2. The van der Waals surface area contributed by atoms with Gasteiger partial charge in [-0.3, -0.25) is 9.59 Å². The van der Waals surface area contributed by atoms with Gasteiger partial charge in [0.25, 0.3) is 5.91 Å². The number of benzene rings is 1. The second-order valence-corrected chi connectivity index (χ2v) is 8.50. The van der Waals surface area contributed by atoms with Crippen LogP contribution < -0.4 is 5.32 Å². The van der Waals surface area contributed by atoms with Gasteiger partial charge in [0.15, 0.2) is 5.13 Å². The average molecular weight is 426 g/mol. The van der Waals surface area contributed by atoms with Gasteiger partial charge in [-0.2, -0.15) is 0 Å². The van der Waals surface area contributed by atoms with E-state index in [1.807, 2.05) is 0 Å². The number of hydrogen-bond donors (Lipinski definition) is 1. The van der Waals surface area contributed by atoms with Gasteiger partial charge in [0.1, 0.15) is 6.54 Å². The number of carbonyl (C=O) groups excluding carboxylic acids is 2. The minimum Gasteiger partial charge on any atom is -0.329 e. The lowest BCUT2D eigenvalue weighted by atomic mass is 9.89. The summed E-state index contributed by atoms with van der Waals surface area (Å²) in [5, 5.41) is 5.85. The molecule has 0 spiro atoms. The number of nitrogens with one attached hydrogen (secondary N) is 1. The van der Waals surface area contributed by atoms with Crippen LogP contribution in [0.2, 0.25) is 10.0 Å². The topological polar surface area (TPSA) is 62.3 Å². The lowest BCUT2D eigenvalue weighted by molar-refractivity contribution is -0.117. The van der Waals surface area contributed by atoms with E-state index < -0.39 is 0 Å². The van der Waals surface area contributed by atoms with Crippen molar-refractivity contribution in [2.45, 2.75) is 32.1 Å². The molecule has 3 rings (SSSR count). The first-order valence-corrected chi connectivity index (χ1v) is 10.6. The molecule has 1 aliphatic rings. The molecule has 2 aromatic rings. The van der Waals surface area contributed by atoms with E-state index in [0.717, 1.165) is 12.8 Å². The SMILES string of the molecule is O=C(CN(CC1CCCCC1)C(=O)c1cc(Cl)cc(Cl)c1)Nc1nccs1. The minimum atomic E-state index is -0.262. The summed E-state index contributed by atoms with van der Waals surface area (Å²) >= 11 is 13.4. The molecule has 1 heterocycles. The Morgan fingerprint density at radius 2 is 1.85 bits per heavy atom. The van der Waals surface area contributed by atoms with Crippen molar-refractivity contribution in [3.63, 3.8) is 0 Å². The van der Waals surface area contributed by atoms with Crippen molar-refractivity contribution < 1.29 is 9.59 Å². The maximum Gasteiger partial charge on any atom is 0.254 e. The zero-order valence-electron chi connectivity index (χ0n) is 14.8. The van der Waals surface area contributed by atoms with Gasteiger partial charge in [-0.1, -0.05) is 42.5 Å². The number of aromatic nitrogens is 1. The molecule has 0 unspecified atom stereocenters. The number of anilines is 1. The van der Waals surface area contributed by atoms with Crippen molar-refractivity contribution >= 4 is 51.5 Å². The molecule has 27 heavy (non-hydrogen) atoms. The summed E-state index contributed by atoms with van der Waals surface area (Å²) in [6.45, 7) is 0.521. The van der Waals surface area contributed by atoms with Crippen LogP contribution in [0.1, 0.15) is 42.5 Å². The van der Waals surface area contributed by atoms with E-state index in [0.29, 0.717) is 33.2 Å². The van der Waals surface area contributed by atoms with Gasteiger partial charge in [0, 0.05) is 33.7 Å². The monoisotopic (exact) mass is 425 g/mol. The van der Waals surface area contributed by atoms with E-state index in [-0.39, 0.29) is 18.4 Å². The number of rotatable bonds is 6. The first-order valence-electron chi connectivity index (χ1n) is 8.96. The zero-order valence-corrected chi connectivity index (χ0v) is 17.1. The van der Waals surface area contributed by atoms with Crippen molar-refractivity contribution in [3.8, 4) is 0 Å². The van der Waals surface area contributed by atoms with Crippen LogP contribution in [0.15, 0.2) is 29.8 Å². The lowest BCUT2D eigenvalue weighted by Gasteiger charge is -2.29. The molecular weight excluding hydrogens is 405 g/mol. The van der Waals surface area contributed by atoms with Crippen molar-refractivity contribution in [1.82, 2.24) is 9.88 Å².